The monoisotopic (exact) mass is 434 g/mol. The van der Waals surface area contributed by atoms with Gasteiger partial charge in [-0.05, 0) is 49.5 Å². The van der Waals surface area contributed by atoms with Crippen molar-refractivity contribution in [1.29, 1.82) is 0 Å². The second kappa shape index (κ2) is 9.44. The van der Waals surface area contributed by atoms with Gasteiger partial charge in [-0.15, -0.1) is 11.3 Å². The number of hydrogen-bond acceptors (Lipinski definition) is 5. The first kappa shape index (κ1) is 22.0. The Labute approximate surface area is 171 Å². The molecule has 3 heterocycles. The van der Waals surface area contributed by atoms with Crippen molar-refractivity contribution in [3.8, 4) is 0 Å². The Morgan fingerprint density at radius 2 is 1.97 bits per heavy atom. The largest absolute Gasteiger partial charge is 0.490 e. The van der Waals surface area contributed by atoms with Crippen LogP contribution in [0.3, 0.4) is 0 Å². The van der Waals surface area contributed by atoms with Crippen molar-refractivity contribution in [2.24, 2.45) is 5.92 Å². The summed E-state index contributed by atoms with van der Waals surface area (Å²) in [5, 5.41) is 12.3. The summed E-state index contributed by atoms with van der Waals surface area (Å²) in [6, 6.07) is 4.82. The van der Waals surface area contributed by atoms with Crippen molar-refractivity contribution in [3.63, 3.8) is 0 Å². The van der Waals surface area contributed by atoms with Crippen LogP contribution in [0.25, 0.3) is 0 Å². The molecule has 29 heavy (non-hydrogen) atoms. The van der Waals surface area contributed by atoms with Gasteiger partial charge in [-0.25, -0.2) is 4.79 Å². The summed E-state index contributed by atoms with van der Waals surface area (Å²) in [4.78, 5) is 25.1. The van der Waals surface area contributed by atoms with Crippen LogP contribution in [0.5, 0.6) is 0 Å². The lowest BCUT2D eigenvalue weighted by Gasteiger charge is -2.35. The number of hydrogen-bond donors (Lipinski definition) is 2. The Bertz CT molecular complexity index is 694. The standard InChI is InChI=1S/C17H24N2O2S.C2HF3O2/c20-17(18-10-12-3-4-12)16-6-5-14-15(21-16)7-8-19(14)11-13-2-1-9-22-13;3-2(4,5)1(6)7/h1-2,9,12,14-16H,3-8,10-11H2,(H,18,20);(H,6,7)/t14-,15-,16+;/m1./s1. The fourth-order valence-electron chi connectivity index (χ4n) is 3.69. The van der Waals surface area contributed by atoms with Crippen LogP contribution in [0.15, 0.2) is 17.5 Å². The van der Waals surface area contributed by atoms with E-state index in [1.165, 1.54) is 17.7 Å². The van der Waals surface area contributed by atoms with Crippen LogP contribution in [-0.4, -0.2) is 59.4 Å². The first-order chi connectivity index (χ1) is 13.7. The molecule has 4 rings (SSSR count). The van der Waals surface area contributed by atoms with Gasteiger partial charge in [0.25, 0.3) is 0 Å². The van der Waals surface area contributed by atoms with Gasteiger partial charge in [0, 0.05) is 30.6 Å². The van der Waals surface area contributed by atoms with Gasteiger partial charge < -0.3 is 15.2 Å². The van der Waals surface area contributed by atoms with Gasteiger partial charge in [0.05, 0.1) is 6.10 Å². The molecule has 0 unspecified atom stereocenters. The molecule has 1 aliphatic carbocycles. The van der Waals surface area contributed by atoms with Crippen LogP contribution < -0.4 is 5.32 Å². The molecule has 2 aliphatic heterocycles. The van der Waals surface area contributed by atoms with E-state index in [0.29, 0.717) is 6.04 Å². The zero-order chi connectivity index (χ0) is 21.0. The summed E-state index contributed by atoms with van der Waals surface area (Å²) < 4.78 is 37.9. The molecule has 10 heteroatoms. The summed E-state index contributed by atoms with van der Waals surface area (Å²) in [5.41, 5.74) is 0. The fraction of sp³-hybridized carbons (Fsp3) is 0.684. The van der Waals surface area contributed by atoms with Gasteiger partial charge in [0.1, 0.15) is 6.10 Å². The van der Waals surface area contributed by atoms with Gasteiger partial charge in [0.2, 0.25) is 5.91 Å². The van der Waals surface area contributed by atoms with E-state index in [9.17, 15) is 18.0 Å². The molecule has 0 aromatic carbocycles. The van der Waals surface area contributed by atoms with Gasteiger partial charge in [-0.1, -0.05) is 6.07 Å². The number of halogens is 3. The smallest absolute Gasteiger partial charge is 0.475 e. The van der Waals surface area contributed by atoms with Gasteiger partial charge in [-0.2, -0.15) is 13.2 Å². The Morgan fingerprint density at radius 1 is 1.24 bits per heavy atom. The van der Waals surface area contributed by atoms with Crippen LogP contribution in [0, 0.1) is 5.92 Å². The number of nitrogens with zero attached hydrogens (tertiary/aromatic N) is 1. The van der Waals surface area contributed by atoms with E-state index in [-0.39, 0.29) is 18.1 Å². The number of carbonyl (C=O) groups is 2. The highest BCUT2D eigenvalue weighted by Crippen LogP contribution is 2.33. The SMILES string of the molecule is O=C(NCC1CC1)[C@@H]1CC[C@@H]2[C@@H](CCN2Cc2cccs2)O1.O=C(O)C(F)(F)F. The van der Waals surface area contributed by atoms with Crippen LogP contribution in [0.1, 0.15) is 37.0 Å². The van der Waals surface area contributed by atoms with E-state index in [4.69, 9.17) is 14.6 Å². The first-order valence-corrected chi connectivity index (χ1v) is 10.6. The molecule has 3 aliphatic rings. The number of aliphatic carboxylic acids is 1. The van der Waals surface area contributed by atoms with Crippen molar-refractivity contribution in [2.75, 3.05) is 13.1 Å². The van der Waals surface area contributed by atoms with Crippen molar-refractivity contribution < 1.29 is 32.6 Å². The van der Waals surface area contributed by atoms with Crippen LogP contribution in [-0.2, 0) is 20.9 Å². The second-order valence-electron chi connectivity index (χ2n) is 7.64. The minimum atomic E-state index is -5.08. The number of nitrogens with one attached hydrogen (secondary N) is 1. The maximum atomic E-state index is 12.2. The normalized spacial score (nSPS) is 26.9. The second-order valence-corrected chi connectivity index (χ2v) is 8.67. The molecule has 1 amide bonds. The lowest BCUT2D eigenvalue weighted by molar-refractivity contribution is -0.192. The highest BCUT2D eigenvalue weighted by atomic mass is 32.1. The molecule has 2 saturated heterocycles. The number of carbonyl (C=O) groups excluding carboxylic acids is 1. The molecule has 0 bridgehead atoms. The average molecular weight is 434 g/mol. The highest BCUT2D eigenvalue weighted by molar-refractivity contribution is 7.09. The van der Waals surface area contributed by atoms with Gasteiger partial charge in [-0.3, -0.25) is 9.69 Å². The third-order valence-corrected chi connectivity index (χ3v) is 6.26. The van der Waals surface area contributed by atoms with E-state index in [2.05, 4.69) is 27.7 Å². The Hall–Kier alpha value is -1.65. The molecule has 1 aromatic heterocycles. The number of fused-ring (bicyclic) bond motifs is 1. The Morgan fingerprint density at radius 3 is 2.55 bits per heavy atom. The van der Waals surface area contributed by atoms with Gasteiger partial charge >= 0.3 is 12.1 Å². The number of rotatable bonds is 5. The number of alkyl halides is 3. The van der Waals surface area contributed by atoms with Gasteiger partial charge in [0.15, 0.2) is 0 Å². The number of carboxylic acids is 1. The molecule has 0 radical (unpaired) electrons. The number of thiophene rings is 1. The molecule has 3 atom stereocenters. The first-order valence-electron chi connectivity index (χ1n) is 9.73. The predicted octanol–water partition coefficient (Wildman–Crippen LogP) is 3.03. The van der Waals surface area contributed by atoms with E-state index in [0.717, 1.165) is 44.8 Å². The highest BCUT2D eigenvalue weighted by Gasteiger charge is 2.41. The predicted molar refractivity (Wildman–Crippen MR) is 100 cm³/mol. The fourth-order valence-corrected chi connectivity index (χ4v) is 4.42. The summed E-state index contributed by atoms with van der Waals surface area (Å²) >= 11 is 1.82. The molecular weight excluding hydrogens is 409 g/mol. The molecule has 6 nitrogen and oxygen atoms in total. The summed E-state index contributed by atoms with van der Waals surface area (Å²) in [5.74, 6) is -1.91. The lowest BCUT2D eigenvalue weighted by atomic mass is 9.98. The topological polar surface area (TPSA) is 78.9 Å². The maximum Gasteiger partial charge on any atom is 0.490 e. The molecule has 1 saturated carbocycles. The van der Waals surface area contributed by atoms with Crippen molar-refractivity contribution >= 4 is 23.2 Å². The zero-order valence-corrected chi connectivity index (χ0v) is 16.7. The Kier molecular flexibility index (Phi) is 7.18. The number of likely N-dealkylation sites (tertiary alicyclic amines) is 1. The summed E-state index contributed by atoms with van der Waals surface area (Å²) in [6.07, 6.45) is 0.480. The third kappa shape index (κ3) is 6.42. The third-order valence-electron chi connectivity index (χ3n) is 5.40. The molecular formula is C19H25F3N2O4S. The zero-order valence-electron chi connectivity index (χ0n) is 15.9. The average Bonchev–Trinajstić information content (AvgIpc) is 3.20. The van der Waals surface area contributed by atoms with E-state index >= 15 is 0 Å². The van der Waals surface area contributed by atoms with Crippen LogP contribution in [0.2, 0.25) is 0 Å². The number of amides is 1. The van der Waals surface area contributed by atoms with E-state index in [1.807, 2.05) is 11.3 Å². The number of carboxylic acid groups (broad SMARTS) is 1. The van der Waals surface area contributed by atoms with Crippen molar-refractivity contribution in [2.45, 2.75) is 63.1 Å². The minimum absolute atomic E-state index is 0.113. The molecule has 2 N–H and O–H groups in total. The van der Waals surface area contributed by atoms with Crippen molar-refractivity contribution in [3.05, 3.63) is 22.4 Å². The lowest BCUT2D eigenvalue weighted by Crippen LogP contribution is -2.47. The summed E-state index contributed by atoms with van der Waals surface area (Å²) in [7, 11) is 0. The summed E-state index contributed by atoms with van der Waals surface area (Å²) in [6.45, 7) is 2.96. The Balaban J connectivity index is 0.000000298. The van der Waals surface area contributed by atoms with E-state index in [1.54, 1.807) is 0 Å². The molecule has 162 valence electrons. The molecule has 0 spiro atoms. The molecule has 3 fully saturated rings. The van der Waals surface area contributed by atoms with Crippen LogP contribution in [0.4, 0.5) is 13.2 Å². The van der Waals surface area contributed by atoms with E-state index < -0.39 is 12.1 Å². The minimum Gasteiger partial charge on any atom is -0.475 e. The van der Waals surface area contributed by atoms with Crippen molar-refractivity contribution in [1.82, 2.24) is 10.2 Å². The molecule has 1 aromatic rings. The quantitative estimate of drug-likeness (QED) is 0.745. The number of ether oxygens (including phenoxy) is 1. The maximum absolute atomic E-state index is 12.2. The van der Waals surface area contributed by atoms with Crippen LogP contribution >= 0.6 is 11.3 Å².